The van der Waals surface area contributed by atoms with E-state index in [2.05, 4.69) is 116 Å². The third-order valence-corrected chi connectivity index (χ3v) is 9.50. The van der Waals surface area contributed by atoms with Crippen LogP contribution in [0.3, 0.4) is 0 Å². The van der Waals surface area contributed by atoms with Gasteiger partial charge in [-0.3, -0.25) is 0 Å². The summed E-state index contributed by atoms with van der Waals surface area (Å²) in [5.41, 5.74) is 20.2. The number of benzene rings is 4. The van der Waals surface area contributed by atoms with Crippen LogP contribution in [0.1, 0.15) is 112 Å². The monoisotopic (exact) mass is 542 g/mol. The van der Waals surface area contributed by atoms with Crippen LogP contribution in [0.4, 0.5) is 0 Å². The van der Waals surface area contributed by atoms with Crippen LogP contribution in [0.25, 0.3) is 33.4 Å². The molecule has 0 saturated heterocycles. The molecular formula is C41H50. The predicted molar refractivity (Wildman–Crippen MR) is 180 cm³/mol. The second-order valence-electron chi connectivity index (χ2n) is 13.0. The standard InChI is InChI=1S/C41H50/c1-9-13-29-23-37(31(15-11-3)21-27(29)5)33-17-19-35-36-20-18-34(26-40(36)41(7,8)39(35)25-33)38-24-30(14-10-2)28(6)22-32(38)16-12-4/h17-26H,9-16H2,1-8H3. The molecular weight excluding hydrogens is 492 g/mol. The molecule has 0 saturated carbocycles. The molecule has 0 aliphatic heterocycles. The van der Waals surface area contributed by atoms with Crippen molar-refractivity contribution in [2.24, 2.45) is 0 Å². The minimum Gasteiger partial charge on any atom is -0.0651 e. The lowest BCUT2D eigenvalue weighted by Gasteiger charge is -2.24. The van der Waals surface area contributed by atoms with Crippen molar-refractivity contribution in [3.8, 4) is 33.4 Å². The summed E-state index contributed by atoms with van der Waals surface area (Å²) in [7, 11) is 0. The Kier molecular flexibility index (Phi) is 8.60. The first kappa shape index (κ1) is 29.4. The molecule has 1 aliphatic rings. The lowest BCUT2D eigenvalue weighted by molar-refractivity contribution is 0.661. The van der Waals surface area contributed by atoms with Crippen molar-refractivity contribution in [2.75, 3.05) is 0 Å². The van der Waals surface area contributed by atoms with Gasteiger partial charge >= 0.3 is 0 Å². The zero-order valence-electron chi connectivity index (χ0n) is 26.9. The Bertz CT molecular complexity index is 1440. The minimum atomic E-state index is -0.0413. The van der Waals surface area contributed by atoms with Gasteiger partial charge in [0.05, 0.1) is 0 Å². The van der Waals surface area contributed by atoms with Crippen LogP contribution in [0, 0.1) is 13.8 Å². The van der Waals surface area contributed by atoms with Crippen molar-refractivity contribution in [1.29, 1.82) is 0 Å². The summed E-state index contributed by atoms with van der Waals surface area (Å²) >= 11 is 0. The highest BCUT2D eigenvalue weighted by Gasteiger charge is 2.36. The van der Waals surface area contributed by atoms with Crippen LogP contribution in [-0.4, -0.2) is 0 Å². The van der Waals surface area contributed by atoms with Gasteiger partial charge in [0.25, 0.3) is 0 Å². The zero-order valence-corrected chi connectivity index (χ0v) is 26.9. The van der Waals surface area contributed by atoms with E-state index in [1.54, 1.807) is 0 Å². The normalized spacial score (nSPS) is 13.4. The summed E-state index contributed by atoms with van der Waals surface area (Å²) in [5.74, 6) is 0. The molecule has 0 aromatic heterocycles. The Morgan fingerprint density at radius 1 is 0.439 bits per heavy atom. The number of rotatable bonds is 10. The van der Waals surface area contributed by atoms with E-state index in [4.69, 9.17) is 0 Å². The maximum Gasteiger partial charge on any atom is 0.0159 e. The second-order valence-corrected chi connectivity index (χ2v) is 13.0. The van der Waals surface area contributed by atoms with E-state index in [1.165, 1.54) is 104 Å². The SMILES string of the molecule is CCCc1cc(-c2ccc3c(c2)C(C)(C)c2cc(-c4cc(CCC)c(C)cc4CCC)ccc2-3)c(CCC)cc1C. The maximum atomic E-state index is 2.52. The molecule has 0 heterocycles. The van der Waals surface area contributed by atoms with Crippen molar-refractivity contribution in [2.45, 2.75) is 112 Å². The van der Waals surface area contributed by atoms with E-state index >= 15 is 0 Å². The Morgan fingerprint density at radius 3 is 1.17 bits per heavy atom. The van der Waals surface area contributed by atoms with Gasteiger partial charge < -0.3 is 0 Å². The summed E-state index contributed by atoms with van der Waals surface area (Å²) in [6.07, 6.45) is 9.26. The van der Waals surface area contributed by atoms with Crippen LogP contribution in [0.2, 0.25) is 0 Å². The van der Waals surface area contributed by atoms with Gasteiger partial charge in [0, 0.05) is 5.41 Å². The second kappa shape index (κ2) is 12.0. The number of aryl methyl sites for hydroxylation is 6. The first-order chi connectivity index (χ1) is 19.7. The molecule has 0 amide bonds. The molecule has 0 nitrogen and oxygen atoms in total. The lowest BCUT2D eigenvalue weighted by Crippen LogP contribution is -2.15. The molecule has 0 bridgehead atoms. The van der Waals surface area contributed by atoms with Gasteiger partial charge in [-0.25, -0.2) is 0 Å². The molecule has 0 unspecified atom stereocenters. The molecule has 0 fully saturated rings. The highest BCUT2D eigenvalue weighted by atomic mass is 14.4. The zero-order chi connectivity index (χ0) is 29.3. The van der Waals surface area contributed by atoms with Crippen LogP contribution in [-0.2, 0) is 31.1 Å². The summed E-state index contributed by atoms with van der Waals surface area (Å²) in [6, 6.07) is 24.5. The van der Waals surface area contributed by atoms with E-state index in [1.807, 2.05) is 0 Å². The van der Waals surface area contributed by atoms with Gasteiger partial charge in [-0.2, -0.15) is 0 Å². The van der Waals surface area contributed by atoms with Crippen molar-refractivity contribution in [3.63, 3.8) is 0 Å². The fourth-order valence-corrected chi connectivity index (χ4v) is 7.26. The largest absolute Gasteiger partial charge is 0.0651 e. The molecule has 0 N–H and O–H groups in total. The first-order valence-corrected chi connectivity index (χ1v) is 16.3. The van der Waals surface area contributed by atoms with E-state index in [0.717, 1.165) is 25.7 Å². The summed E-state index contributed by atoms with van der Waals surface area (Å²) in [6.45, 7) is 18.6. The summed E-state index contributed by atoms with van der Waals surface area (Å²) in [5, 5.41) is 0. The summed E-state index contributed by atoms with van der Waals surface area (Å²) < 4.78 is 0. The van der Waals surface area contributed by atoms with Gasteiger partial charge in [-0.05, 0) is 130 Å². The molecule has 4 aromatic carbocycles. The van der Waals surface area contributed by atoms with Crippen LogP contribution in [0.15, 0.2) is 60.7 Å². The molecule has 41 heavy (non-hydrogen) atoms. The van der Waals surface area contributed by atoms with Crippen molar-refractivity contribution < 1.29 is 0 Å². The van der Waals surface area contributed by atoms with Crippen molar-refractivity contribution in [3.05, 3.63) is 105 Å². The van der Waals surface area contributed by atoms with E-state index in [0.29, 0.717) is 0 Å². The minimum absolute atomic E-state index is 0.0413. The molecule has 0 radical (unpaired) electrons. The van der Waals surface area contributed by atoms with E-state index < -0.39 is 0 Å². The molecule has 214 valence electrons. The quantitative estimate of drug-likeness (QED) is 0.187. The number of fused-ring (bicyclic) bond motifs is 3. The lowest BCUT2D eigenvalue weighted by atomic mass is 9.80. The predicted octanol–water partition coefficient (Wildman–Crippen LogP) is 11.8. The van der Waals surface area contributed by atoms with Gasteiger partial charge in [-0.1, -0.05) is 116 Å². The molecule has 0 spiro atoms. The molecule has 5 rings (SSSR count). The third-order valence-electron chi connectivity index (χ3n) is 9.50. The highest BCUT2D eigenvalue weighted by molar-refractivity contribution is 5.86. The molecule has 4 aromatic rings. The topological polar surface area (TPSA) is 0 Å². The Hall–Kier alpha value is -3.12. The molecule has 1 aliphatic carbocycles. The fraction of sp³-hybridized carbons (Fsp3) is 0.415. The Labute approximate surface area is 250 Å². The average Bonchev–Trinajstić information content (AvgIpc) is 3.17. The highest BCUT2D eigenvalue weighted by Crippen LogP contribution is 2.51. The van der Waals surface area contributed by atoms with E-state index in [-0.39, 0.29) is 5.41 Å². The Balaban J connectivity index is 1.61. The smallest absolute Gasteiger partial charge is 0.0159 e. The average molecular weight is 543 g/mol. The van der Waals surface area contributed by atoms with Gasteiger partial charge in [-0.15, -0.1) is 0 Å². The van der Waals surface area contributed by atoms with Gasteiger partial charge in [0.2, 0.25) is 0 Å². The maximum absolute atomic E-state index is 2.52. The first-order valence-electron chi connectivity index (χ1n) is 16.3. The van der Waals surface area contributed by atoms with Crippen LogP contribution in [0.5, 0.6) is 0 Å². The number of hydrogen-bond acceptors (Lipinski definition) is 0. The van der Waals surface area contributed by atoms with E-state index in [9.17, 15) is 0 Å². The number of hydrogen-bond donors (Lipinski definition) is 0. The van der Waals surface area contributed by atoms with Gasteiger partial charge in [0.15, 0.2) is 0 Å². The summed E-state index contributed by atoms with van der Waals surface area (Å²) in [4.78, 5) is 0. The van der Waals surface area contributed by atoms with Crippen molar-refractivity contribution >= 4 is 0 Å². The molecule has 0 heteroatoms. The third kappa shape index (κ3) is 5.43. The molecule has 0 atom stereocenters. The van der Waals surface area contributed by atoms with Gasteiger partial charge in [0.1, 0.15) is 0 Å². The van der Waals surface area contributed by atoms with Crippen LogP contribution >= 0.6 is 0 Å². The Morgan fingerprint density at radius 2 is 0.805 bits per heavy atom. The fourth-order valence-electron chi connectivity index (χ4n) is 7.26. The van der Waals surface area contributed by atoms with Crippen LogP contribution < -0.4 is 0 Å². The van der Waals surface area contributed by atoms with Crippen molar-refractivity contribution in [1.82, 2.24) is 0 Å².